The van der Waals surface area contributed by atoms with Gasteiger partial charge in [0.05, 0.1) is 5.75 Å². The minimum absolute atomic E-state index is 0.140. The van der Waals surface area contributed by atoms with E-state index in [4.69, 9.17) is 11.6 Å². The number of thioether (sulfide) groups is 1. The highest BCUT2D eigenvalue weighted by Crippen LogP contribution is 2.23. The van der Waals surface area contributed by atoms with Gasteiger partial charge in [0.15, 0.2) is 5.16 Å². The maximum absolute atomic E-state index is 12.2. The van der Waals surface area contributed by atoms with Gasteiger partial charge in [0, 0.05) is 17.3 Å². The van der Waals surface area contributed by atoms with Crippen molar-refractivity contribution in [3.8, 4) is 0 Å². The van der Waals surface area contributed by atoms with Crippen LogP contribution in [0.2, 0.25) is 5.02 Å². The number of nitrogens with zero attached hydrogens (tertiary/aromatic N) is 2. The summed E-state index contributed by atoms with van der Waals surface area (Å²) >= 11 is 7.29. The minimum atomic E-state index is -0.278. The molecule has 0 unspecified atom stereocenters. The lowest BCUT2D eigenvalue weighted by Gasteiger charge is -2.09. The van der Waals surface area contributed by atoms with Crippen LogP contribution in [0.4, 0.5) is 5.69 Å². The molecule has 0 saturated carbocycles. The first-order valence-corrected chi connectivity index (χ1v) is 9.78. The number of aromatic amines is 1. The Bertz CT molecular complexity index is 985. The van der Waals surface area contributed by atoms with Crippen molar-refractivity contribution in [2.45, 2.75) is 25.0 Å². The molecule has 0 atom stereocenters. The van der Waals surface area contributed by atoms with Crippen molar-refractivity contribution in [2.75, 3.05) is 11.1 Å². The molecule has 0 fully saturated rings. The first-order valence-electron chi connectivity index (χ1n) is 8.41. The van der Waals surface area contributed by atoms with E-state index in [2.05, 4.69) is 15.5 Å². The van der Waals surface area contributed by atoms with Crippen molar-refractivity contribution in [3.05, 3.63) is 75.2 Å². The van der Waals surface area contributed by atoms with Gasteiger partial charge in [-0.15, -0.1) is 5.10 Å². The van der Waals surface area contributed by atoms with Gasteiger partial charge in [-0.05, 0) is 36.6 Å². The number of benzene rings is 2. The van der Waals surface area contributed by atoms with Crippen LogP contribution in [0, 0.1) is 6.92 Å². The first-order chi connectivity index (χ1) is 13.0. The Labute approximate surface area is 165 Å². The molecule has 1 heterocycles. The van der Waals surface area contributed by atoms with E-state index in [0.29, 0.717) is 28.8 Å². The normalized spacial score (nSPS) is 10.7. The molecule has 1 aromatic heterocycles. The van der Waals surface area contributed by atoms with Crippen LogP contribution < -0.4 is 11.0 Å². The highest BCUT2D eigenvalue weighted by Gasteiger charge is 2.12. The Balaban J connectivity index is 1.60. The number of H-pyrrole nitrogens is 1. The molecule has 8 heteroatoms. The summed E-state index contributed by atoms with van der Waals surface area (Å²) < 4.78 is 1.55. The van der Waals surface area contributed by atoms with Crippen LogP contribution in [0.1, 0.15) is 11.1 Å². The zero-order valence-corrected chi connectivity index (χ0v) is 16.3. The van der Waals surface area contributed by atoms with Crippen LogP contribution in [0.15, 0.2) is 58.5 Å². The number of anilines is 1. The van der Waals surface area contributed by atoms with E-state index in [0.717, 1.165) is 11.1 Å². The van der Waals surface area contributed by atoms with E-state index in [9.17, 15) is 9.59 Å². The molecule has 0 aliphatic rings. The predicted molar refractivity (Wildman–Crippen MR) is 109 cm³/mol. The summed E-state index contributed by atoms with van der Waals surface area (Å²) in [5.74, 6) is -0.0443. The molecule has 27 heavy (non-hydrogen) atoms. The number of aryl methyl sites for hydroxylation is 1. The minimum Gasteiger partial charge on any atom is -0.325 e. The highest BCUT2D eigenvalue weighted by molar-refractivity contribution is 7.99. The second-order valence-electron chi connectivity index (χ2n) is 5.95. The summed E-state index contributed by atoms with van der Waals surface area (Å²) in [6.45, 7) is 2.34. The fourth-order valence-corrected chi connectivity index (χ4v) is 3.50. The third kappa shape index (κ3) is 5.02. The van der Waals surface area contributed by atoms with Crippen molar-refractivity contribution in [1.82, 2.24) is 14.8 Å². The summed E-state index contributed by atoms with van der Waals surface area (Å²) in [6, 6.07) is 15.3. The average molecular weight is 403 g/mol. The summed E-state index contributed by atoms with van der Waals surface area (Å²) in [5.41, 5.74) is 2.35. The molecule has 140 valence electrons. The SMILES string of the molecule is Cc1c(Cl)cccc1NC(=O)CSc1n[nH]c(=O)n1CCc1ccccc1. The van der Waals surface area contributed by atoms with Crippen LogP contribution in [0.3, 0.4) is 0 Å². The molecule has 0 radical (unpaired) electrons. The Kier molecular flexibility index (Phi) is 6.36. The zero-order chi connectivity index (χ0) is 19.2. The molecule has 0 aliphatic carbocycles. The molecule has 0 aliphatic heterocycles. The predicted octanol–water partition coefficient (Wildman–Crippen LogP) is 3.51. The first kappa shape index (κ1) is 19.3. The monoisotopic (exact) mass is 402 g/mol. The molecule has 3 aromatic rings. The van der Waals surface area contributed by atoms with Crippen molar-refractivity contribution < 1.29 is 4.79 Å². The summed E-state index contributed by atoms with van der Waals surface area (Å²) in [5, 5.41) is 10.4. The zero-order valence-electron chi connectivity index (χ0n) is 14.7. The lowest BCUT2D eigenvalue weighted by atomic mass is 10.1. The van der Waals surface area contributed by atoms with Crippen LogP contribution >= 0.6 is 23.4 Å². The van der Waals surface area contributed by atoms with Crippen molar-refractivity contribution in [2.24, 2.45) is 0 Å². The van der Waals surface area contributed by atoms with Crippen molar-refractivity contribution >= 4 is 35.0 Å². The van der Waals surface area contributed by atoms with Gasteiger partial charge in [-0.3, -0.25) is 9.36 Å². The molecule has 2 aromatic carbocycles. The van der Waals surface area contributed by atoms with Gasteiger partial charge in [-0.2, -0.15) is 0 Å². The third-order valence-electron chi connectivity index (χ3n) is 4.06. The quantitative estimate of drug-likeness (QED) is 0.593. The largest absolute Gasteiger partial charge is 0.343 e. The molecular formula is C19H19ClN4O2S. The Hall–Kier alpha value is -2.51. The summed E-state index contributed by atoms with van der Waals surface area (Å²) in [6.07, 6.45) is 0.710. The van der Waals surface area contributed by atoms with Gasteiger partial charge < -0.3 is 5.32 Å². The smallest absolute Gasteiger partial charge is 0.325 e. The second-order valence-corrected chi connectivity index (χ2v) is 7.30. The van der Waals surface area contributed by atoms with E-state index < -0.39 is 0 Å². The Morgan fingerprint density at radius 3 is 2.78 bits per heavy atom. The second kappa shape index (κ2) is 8.92. The summed E-state index contributed by atoms with van der Waals surface area (Å²) in [4.78, 5) is 24.2. The lowest BCUT2D eigenvalue weighted by molar-refractivity contribution is -0.113. The molecule has 1 amide bonds. The number of halogens is 1. The van der Waals surface area contributed by atoms with Gasteiger partial charge >= 0.3 is 5.69 Å². The van der Waals surface area contributed by atoms with E-state index >= 15 is 0 Å². The van der Waals surface area contributed by atoms with Crippen molar-refractivity contribution in [3.63, 3.8) is 0 Å². The molecular weight excluding hydrogens is 384 g/mol. The van der Waals surface area contributed by atoms with Gasteiger partial charge in [0.1, 0.15) is 0 Å². The molecule has 6 nitrogen and oxygen atoms in total. The van der Waals surface area contributed by atoms with E-state index in [1.807, 2.05) is 37.3 Å². The van der Waals surface area contributed by atoms with Crippen LogP contribution in [-0.4, -0.2) is 26.4 Å². The van der Waals surface area contributed by atoms with Crippen LogP contribution in [-0.2, 0) is 17.8 Å². The maximum atomic E-state index is 12.2. The van der Waals surface area contributed by atoms with Gasteiger partial charge in [-0.1, -0.05) is 59.8 Å². The average Bonchev–Trinajstić information content (AvgIpc) is 3.02. The highest BCUT2D eigenvalue weighted by atomic mass is 35.5. The molecule has 2 N–H and O–H groups in total. The van der Waals surface area contributed by atoms with E-state index in [1.165, 1.54) is 11.8 Å². The maximum Gasteiger partial charge on any atom is 0.343 e. The van der Waals surface area contributed by atoms with Gasteiger partial charge in [0.25, 0.3) is 0 Å². The van der Waals surface area contributed by atoms with E-state index in [1.54, 1.807) is 22.8 Å². The standard InChI is InChI=1S/C19H19ClN4O2S/c1-13-15(20)8-5-9-16(13)21-17(25)12-27-19-23-22-18(26)24(19)11-10-14-6-3-2-4-7-14/h2-9H,10-12H2,1H3,(H,21,25)(H,22,26). The number of carbonyl (C=O) groups is 1. The number of amides is 1. The van der Waals surface area contributed by atoms with Gasteiger partial charge in [-0.25, -0.2) is 9.89 Å². The number of carbonyl (C=O) groups excluding carboxylic acids is 1. The van der Waals surface area contributed by atoms with Crippen LogP contribution in [0.25, 0.3) is 0 Å². The Morgan fingerprint density at radius 2 is 2.00 bits per heavy atom. The molecule has 0 spiro atoms. The number of hydrogen-bond donors (Lipinski definition) is 2. The van der Waals surface area contributed by atoms with E-state index in [-0.39, 0.29) is 17.3 Å². The molecule has 0 saturated heterocycles. The Morgan fingerprint density at radius 1 is 1.22 bits per heavy atom. The number of aromatic nitrogens is 3. The number of hydrogen-bond acceptors (Lipinski definition) is 4. The molecule has 3 rings (SSSR count). The third-order valence-corrected chi connectivity index (χ3v) is 5.45. The van der Waals surface area contributed by atoms with Crippen molar-refractivity contribution in [1.29, 1.82) is 0 Å². The fraction of sp³-hybridized carbons (Fsp3) is 0.211. The van der Waals surface area contributed by atoms with Gasteiger partial charge in [0.2, 0.25) is 5.91 Å². The topological polar surface area (TPSA) is 79.8 Å². The number of rotatable bonds is 7. The fourth-order valence-electron chi connectivity index (χ4n) is 2.56. The summed E-state index contributed by atoms with van der Waals surface area (Å²) in [7, 11) is 0. The number of nitrogens with one attached hydrogen (secondary N) is 2. The van der Waals surface area contributed by atoms with Crippen LogP contribution in [0.5, 0.6) is 0 Å². The lowest BCUT2D eigenvalue weighted by Crippen LogP contribution is -2.20. The molecule has 0 bridgehead atoms.